The summed E-state index contributed by atoms with van der Waals surface area (Å²) >= 11 is 0. The third-order valence-corrected chi connectivity index (χ3v) is 8.67. The van der Waals surface area contributed by atoms with Crippen LogP contribution in [0.1, 0.15) is 29.1 Å². The van der Waals surface area contributed by atoms with Crippen molar-refractivity contribution in [1.29, 1.82) is 0 Å². The first-order chi connectivity index (χ1) is 21.1. The van der Waals surface area contributed by atoms with Gasteiger partial charge in [0.05, 0.1) is 6.61 Å². The van der Waals surface area contributed by atoms with Crippen LogP contribution in [0, 0.1) is 0 Å². The summed E-state index contributed by atoms with van der Waals surface area (Å²) < 4.78 is 38.5. The first-order valence-corrected chi connectivity index (χ1v) is 15.4. The average Bonchev–Trinajstić information content (AvgIpc) is 3.32. The zero-order valence-electron chi connectivity index (χ0n) is 23.8. The van der Waals surface area contributed by atoms with Crippen LogP contribution < -0.4 is 19.9 Å². The molecule has 1 amide bonds. The molecule has 4 aromatic rings. The molecule has 0 spiro atoms. The van der Waals surface area contributed by atoms with Crippen LogP contribution in [0.5, 0.6) is 5.75 Å². The number of nitrogens with zero attached hydrogens (tertiary/aromatic N) is 1. The second kappa shape index (κ2) is 13.6. The number of aromatic nitrogens is 1. The van der Waals surface area contributed by atoms with E-state index >= 15 is 0 Å². The van der Waals surface area contributed by atoms with Crippen LogP contribution >= 0.6 is 7.75 Å². The van der Waals surface area contributed by atoms with E-state index in [2.05, 4.69) is 5.09 Å². The average molecular weight is 623 g/mol. The van der Waals surface area contributed by atoms with E-state index in [0.717, 1.165) is 10.9 Å². The minimum absolute atomic E-state index is 0.0109. The number of hydrogen-bond donors (Lipinski definition) is 4. The number of fused-ring (bicyclic) bond motifs is 1. The largest absolute Gasteiger partial charge is 0.460 e. The molecule has 0 bridgehead atoms. The van der Waals surface area contributed by atoms with E-state index in [1.165, 1.54) is 30.0 Å². The molecule has 12 nitrogen and oxygen atoms in total. The van der Waals surface area contributed by atoms with Crippen LogP contribution in [0.15, 0.2) is 97.3 Å². The zero-order chi connectivity index (χ0) is 31.3. The molecule has 2 heterocycles. The lowest BCUT2D eigenvalue weighted by atomic mass is 10.1. The lowest BCUT2D eigenvalue weighted by molar-refractivity contribution is -0.765. The van der Waals surface area contributed by atoms with Crippen LogP contribution in [0.25, 0.3) is 10.8 Å². The van der Waals surface area contributed by atoms with Gasteiger partial charge in [0.15, 0.2) is 18.5 Å². The van der Waals surface area contributed by atoms with Crippen LogP contribution in [0.2, 0.25) is 0 Å². The molecule has 5 rings (SSSR count). The molecule has 4 unspecified atom stereocenters. The molecular formula is C31H33N3O9P+. The van der Waals surface area contributed by atoms with E-state index in [4.69, 9.17) is 24.3 Å². The van der Waals surface area contributed by atoms with Crippen LogP contribution in [0.3, 0.4) is 0 Å². The summed E-state index contributed by atoms with van der Waals surface area (Å²) in [5, 5.41) is 25.6. The Morgan fingerprint density at radius 2 is 1.73 bits per heavy atom. The van der Waals surface area contributed by atoms with Gasteiger partial charge in [-0.15, -0.1) is 0 Å². The highest BCUT2D eigenvalue weighted by Gasteiger charge is 2.49. The first kappa shape index (κ1) is 31.3. The van der Waals surface area contributed by atoms with Crippen molar-refractivity contribution in [3.05, 3.63) is 108 Å². The minimum Gasteiger partial charge on any atom is -0.460 e. The van der Waals surface area contributed by atoms with Crippen molar-refractivity contribution in [2.75, 3.05) is 6.61 Å². The predicted octanol–water partition coefficient (Wildman–Crippen LogP) is 2.77. The fourth-order valence-corrected chi connectivity index (χ4v) is 6.24. The molecule has 1 aliphatic heterocycles. The summed E-state index contributed by atoms with van der Waals surface area (Å²) in [5.41, 5.74) is 6.31. The fourth-order valence-electron chi connectivity index (χ4n) is 4.72. The Morgan fingerprint density at radius 3 is 2.50 bits per heavy atom. The van der Waals surface area contributed by atoms with Crippen molar-refractivity contribution >= 4 is 30.4 Å². The third-order valence-electron chi connectivity index (χ3n) is 7.04. The normalized spacial score (nSPS) is 21.8. The van der Waals surface area contributed by atoms with E-state index in [9.17, 15) is 24.4 Å². The SMILES string of the molecule is CC(NP(=O)(OCC1OC([n+]2cccc(C(N)=O)c2)[C@H](O)[C@@H]1O)Oc1cccc2ccccc12)C(=O)OCc1ccccc1. The van der Waals surface area contributed by atoms with Gasteiger partial charge in [0.1, 0.15) is 36.2 Å². The molecule has 1 aromatic heterocycles. The number of primary amides is 1. The van der Waals surface area contributed by atoms with Gasteiger partial charge in [-0.3, -0.25) is 14.1 Å². The van der Waals surface area contributed by atoms with Gasteiger partial charge in [-0.1, -0.05) is 66.7 Å². The molecule has 1 saturated heterocycles. The summed E-state index contributed by atoms with van der Waals surface area (Å²) in [5.74, 6) is -1.15. The number of aliphatic hydroxyl groups excluding tert-OH is 2. The molecule has 0 aliphatic carbocycles. The number of carbonyl (C=O) groups excluding carboxylic acids is 2. The molecule has 6 atom stereocenters. The van der Waals surface area contributed by atoms with Gasteiger partial charge in [-0.2, -0.15) is 9.65 Å². The maximum Gasteiger partial charge on any atom is 0.459 e. The maximum absolute atomic E-state index is 14.2. The molecule has 5 N–H and O–H groups in total. The van der Waals surface area contributed by atoms with Gasteiger partial charge >= 0.3 is 13.7 Å². The molecular weight excluding hydrogens is 589 g/mol. The van der Waals surface area contributed by atoms with E-state index < -0.39 is 56.8 Å². The number of aliphatic hydroxyl groups is 2. The van der Waals surface area contributed by atoms with Crippen LogP contribution in [-0.2, 0) is 30.0 Å². The van der Waals surface area contributed by atoms with E-state index in [1.54, 1.807) is 42.5 Å². The topological polar surface area (TPSA) is 171 Å². The highest BCUT2D eigenvalue weighted by molar-refractivity contribution is 7.52. The second-order valence-electron chi connectivity index (χ2n) is 10.3. The summed E-state index contributed by atoms with van der Waals surface area (Å²) in [6, 6.07) is 23.5. The first-order valence-electron chi connectivity index (χ1n) is 13.9. The van der Waals surface area contributed by atoms with Gasteiger partial charge < -0.3 is 29.9 Å². The van der Waals surface area contributed by atoms with E-state index in [1.807, 2.05) is 36.4 Å². The van der Waals surface area contributed by atoms with Crippen molar-refractivity contribution < 1.29 is 47.5 Å². The number of rotatable bonds is 12. The number of nitrogens with two attached hydrogens (primary N) is 1. The van der Waals surface area contributed by atoms with Gasteiger partial charge in [-0.05, 0) is 30.0 Å². The van der Waals surface area contributed by atoms with E-state index in [0.29, 0.717) is 5.39 Å². The Kier molecular flexibility index (Phi) is 9.70. The molecule has 0 radical (unpaired) electrons. The molecule has 230 valence electrons. The minimum atomic E-state index is -4.35. The zero-order valence-corrected chi connectivity index (χ0v) is 24.7. The molecule has 0 saturated carbocycles. The van der Waals surface area contributed by atoms with Crippen molar-refractivity contribution in [2.45, 2.75) is 44.1 Å². The molecule has 1 aliphatic rings. The number of esters is 1. The van der Waals surface area contributed by atoms with Crippen molar-refractivity contribution in [2.24, 2.45) is 5.73 Å². The summed E-state index contributed by atoms with van der Waals surface area (Å²) in [6.45, 7) is 0.974. The number of ether oxygens (including phenoxy) is 2. The highest BCUT2D eigenvalue weighted by atomic mass is 31.2. The van der Waals surface area contributed by atoms with Crippen molar-refractivity contribution in [3.63, 3.8) is 0 Å². The lowest BCUT2D eigenvalue weighted by Crippen LogP contribution is -2.46. The molecule has 44 heavy (non-hydrogen) atoms. The Labute approximate surface area is 253 Å². The number of amides is 1. The number of pyridine rings is 1. The van der Waals surface area contributed by atoms with Gasteiger partial charge in [0, 0.05) is 11.5 Å². The van der Waals surface area contributed by atoms with Gasteiger partial charge in [-0.25, -0.2) is 4.57 Å². The Balaban J connectivity index is 1.33. The third kappa shape index (κ3) is 7.31. The number of hydrogen-bond acceptors (Lipinski definition) is 9. The Morgan fingerprint density at radius 1 is 1.00 bits per heavy atom. The van der Waals surface area contributed by atoms with Crippen LogP contribution in [-0.4, -0.2) is 53.1 Å². The Bertz CT molecular complexity index is 1670. The smallest absolute Gasteiger partial charge is 0.459 e. The number of nitrogens with one attached hydrogen (secondary N) is 1. The molecule has 3 aromatic carbocycles. The van der Waals surface area contributed by atoms with Crippen molar-refractivity contribution in [1.82, 2.24) is 5.09 Å². The number of carbonyl (C=O) groups is 2. The summed E-state index contributed by atoms with van der Waals surface area (Å²) in [7, 11) is -4.35. The lowest BCUT2D eigenvalue weighted by Gasteiger charge is -2.25. The molecule has 13 heteroatoms. The summed E-state index contributed by atoms with van der Waals surface area (Å²) in [6.07, 6.45) is -2.22. The predicted molar refractivity (Wildman–Crippen MR) is 158 cm³/mol. The fraction of sp³-hybridized carbons (Fsp3) is 0.258. The van der Waals surface area contributed by atoms with Crippen molar-refractivity contribution in [3.8, 4) is 5.75 Å². The van der Waals surface area contributed by atoms with E-state index in [-0.39, 0.29) is 17.9 Å². The van der Waals surface area contributed by atoms with Crippen LogP contribution in [0.4, 0.5) is 0 Å². The highest BCUT2D eigenvalue weighted by Crippen LogP contribution is 2.47. The second-order valence-corrected chi connectivity index (χ2v) is 12.0. The quantitative estimate of drug-likeness (QED) is 0.105. The standard InChI is InChI=1S/C31H32N3O9P/c1-20(31(38)40-18-21-9-3-2-4-10-21)33-44(39,43-25-15-7-12-22-11-5-6-14-24(22)25)41-19-26-27(35)28(36)30(42-26)34-16-8-13-23(17-34)29(32)37/h2-17,20,26-28,30,35-36H,18-19H2,1H3,(H2-,32,33,37,39)/p+1/t20?,26?,27-,28-,30?,44?/m1/s1. The Hall–Kier alpha value is -4.16. The summed E-state index contributed by atoms with van der Waals surface area (Å²) in [4.78, 5) is 24.5. The van der Waals surface area contributed by atoms with Gasteiger partial charge in [0.25, 0.3) is 12.1 Å². The number of benzene rings is 3. The van der Waals surface area contributed by atoms with Gasteiger partial charge in [0.2, 0.25) is 0 Å². The monoisotopic (exact) mass is 622 g/mol. The molecule has 1 fully saturated rings. The maximum atomic E-state index is 14.2.